The van der Waals surface area contributed by atoms with Crippen LogP contribution in [0.3, 0.4) is 0 Å². The third kappa shape index (κ3) is 5.40. The minimum Gasteiger partial charge on any atom is -0.467 e. The van der Waals surface area contributed by atoms with Crippen LogP contribution in [0.2, 0.25) is 0 Å². The third-order valence-corrected chi connectivity index (χ3v) is 4.16. The van der Waals surface area contributed by atoms with Crippen LogP contribution in [0.4, 0.5) is 0 Å². The molecule has 2 aromatic rings. The monoisotopic (exact) mass is 373 g/mol. The first kappa shape index (κ1) is 20.2. The predicted octanol–water partition coefficient (Wildman–Crippen LogP) is 1.73. The Morgan fingerprint density at radius 1 is 1.22 bits per heavy atom. The molecule has 8 nitrogen and oxygen atoms in total. The number of carbonyl (C=O) groups is 3. The molecule has 0 aliphatic rings. The largest absolute Gasteiger partial charge is 0.467 e. The highest BCUT2D eigenvalue weighted by molar-refractivity contribution is 5.91. The van der Waals surface area contributed by atoms with E-state index in [1.54, 1.807) is 0 Å². The van der Waals surface area contributed by atoms with Gasteiger partial charge in [0.25, 0.3) is 5.91 Å². The van der Waals surface area contributed by atoms with Crippen molar-refractivity contribution in [2.45, 2.75) is 26.3 Å². The fourth-order valence-electron chi connectivity index (χ4n) is 2.38. The van der Waals surface area contributed by atoms with Gasteiger partial charge in [-0.15, -0.1) is 0 Å². The highest BCUT2D eigenvalue weighted by atomic mass is 16.5. The Kier molecular flexibility index (Phi) is 7.10. The molecule has 27 heavy (non-hydrogen) atoms. The molecule has 0 spiro atoms. The second-order valence-corrected chi connectivity index (χ2v) is 6.04. The van der Waals surface area contributed by atoms with E-state index in [4.69, 9.17) is 9.47 Å². The maximum absolute atomic E-state index is 12.1. The maximum Gasteiger partial charge on any atom is 0.341 e. The average molecular weight is 373 g/mol. The van der Waals surface area contributed by atoms with Crippen molar-refractivity contribution in [1.82, 2.24) is 15.1 Å². The first-order chi connectivity index (χ1) is 13.0. The topological polar surface area (TPSA) is 99.5 Å². The maximum atomic E-state index is 12.1. The fraction of sp³-hybridized carbons (Fsp3) is 0.368. The molecule has 1 heterocycles. The molecule has 8 heteroatoms. The molecule has 2 atom stereocenters. The summed E-state index contributed by atoms with van der Waals surface area (Å²) < 4.78 is 11.2. The quantitative estimate of drug-likeness (QED) is 0.708. The van der Waals surface area contributed by atoms with E-state index >= 15 is 0 Å². The number of para-hydroxylation sites is 1. The normalized spacial score (nSPS) is 12.7. The molecule has 0 bridgehead atoms. The summed E-state index contributed by atoms with van der Waals surface area (Å²) in [5.74, 6) is -1.89. The zero-order chi connectivity index (χ0) is 19.8. The number of hydrogen-bond acceptors (Lipinski definition) is 6. The van der Waals surface area contributed by atoms with E-state index < -0.39 is 30.5 Å². The van der Waals surface area contributed by atoms with Crippen LogP contribution in [-0.4, -0.2) is 47.4 Å². The molecule has 1 N–H and O–H groups in total. The van der Waals surface area contributed by atoms with Crippen molar-refractivity contribution in [3.05, 3.63) is 48.3 Å². The van der Waals surface area contributed by atoms with E-state index in [2.05, 4.69) is 10.4 Å². The van der Waals surface area contributed by atoms with Crippen LogP contribution < -0.4 is 5.32 Å². The highest BCUT2D eigenvalue weighted by Gasteiger charge is 2.27. The Morgan fingerprint density at radius 3 is 2.56 bits per heavy atom. The summed E-state index contributed by atoms with van der Waals surface area (Å²) in [6.45, 7) is 3.22. The summed E-state index contributed by atoms with van der Waals surface area (Å²) in [6.07, 6.45) is 3.56. The second kappa shape index (κ2) is 9.51. The molecule has 0 saturated carbocycles. The van der Waals surface area contributed by atoms with Crippen molar-refractivity contribution < 1.29 is 23.9 Å². The van der Waals surface area contributed by atoms with Gasteiger partial charge in [0.05, 0.1) is 24.6 Å². The van der Waals surface area contributed by atoms with Crippen LogP contribution in [0, 0.1) is 5.92 Å². The van der Waals surface area contributed by atoms with E-state index in [1.165, 1.54) is 24.2 Å². The Balaban J connectivity index is 1.92. The molecule has 0 fully saturated rings. The van der Waals surface area contributed by atoms with Crippen molar-refractivity contribution in [3.8, 4) is 5.69 Å². The standard InChI is InChI=1S/C19H23N3O5/c1-4-13(2)17(19(25)26-3)21-16(23)12-27-18(24)14-10-20-22(11-14)15-8-6-5-7-9-15/h5-11,13,17H,4,12H2,1-3H3,(H,21,23). The van der Waals surface area contributed by atoms with Crippen LogP contribution in [0.15, 0.2) is 42.7 Å². The number of ether oxygens (including phenoxy) is 2. The summed E-state index contributed by atoms with van der Waals surface area (Å²) in [5, 5.41) is 6.65. The molecule has 1 amide bonds. The number of benzene rings is 1. The molecule has 2 rings (SSSR count). The Bertz CT molecular complexity index is 788. The van der Waals surface area contributed by atoms with Crippen molar-refractivity contribution in [2.24, 2.45) is 5.92 Å². The molecule has 0 saturated heterocycles. The predicted molar refractivity (Wildman–Crippen MR) is 97.2 cm³/mol. The number of hydrogen-bond donors (Lipinski definition) is 1. The van der Waals surface area contributed by atoms with Crippen LogP contribution in [-0.2, 0) is 19.1 Å². The van der Waals surface area contributed by atoms with E-state index in [-0.39, 0.29) is 11.5 Å². The fourth-order valence-corrected chi connectivity index (χ4v) is 2.38. The van der Waals surface area contributed by atoms with Gasteiger partial charge in [-0.1, -0.05) is 38.5 Å². The number of nitrogens with zero attached hydrogens (tertiary/aromatic N) is 2. The smallest absolute Gasteiger partial charge is 0.341 e. The van der Waals surface area contributed by atoms with E-state index in [1.807, 2.05) is 44.2 Å². The van der Waals surface area contributed by atoms with Crippen molar-refractivity contribution in [1.29, 1.82) is 0 Å². The van der Waals surface area contributed by atoms with E-state index in [0.717, 1.165) is 5.69 Å². The first-order valence-electron chi connectivity index (χ1n) is 8.60. The number of amides is 1. The Hall–Kier alpha value is -3.16. The van der Waals surface area contributed by atoms with Gasteiger partial charge >= 0.3 is 11.9 Å². The number of aromatic nitrogens is 2. The van der Waals surface area contributed by atoms with Gasteiger partial charge in [-0.05, 0) is 18.1 Å². The molecule has 2 unspecified atom stereocenters. The SMILES string of the molecule is CCC(C)C(NC(=O)COC(=O)c1cnn(-c2ccccc2)c1)C(=O)OC. The molecule has 1 aromatic heterocycles. The highest BCUT2D eigenvalue weighted by Crippen LogP contribution is 2.10. The number of nitrogens with one attached hydrogen (secondary N) is 1. The van der Waals surface area contributed by atoms with Gasteiger partial charge in [0.15, 0.2) is 6.61 Å². The Labute approximate surface area is 157 Å². The van der Waals surface area contributed by atoms with Crippen molar-refractivity contribution in [3.63, 3.8) is 0 Å². The number of methoxy groups -OCH3 is 1. The van der Waals surface area contributed by atoms with Crippen molar-refractivity contribution in [2.75, 3.05) is 13.7 Å². The van der Waals surface area contributed by atoms with Crippen LogP contribution in [0.25, 0.3) is 5.69 Å². The van der Waals surface area contributed by atoms with Crippen LogP contribution >= 0.6 is 0 Å². The van der Waals surface area contributed by atoms with Gasteiger partial charge < -0.3 is 14.8 Å². The summed E-state index contributed by atoms with van der Waals surface area (Å²) in [6, 6.07) is 8.49. The average Bonchev–Trinajstić information content (AvgIpc) is 3.20. The lowest BCUT2D eigenvalue weighted by Gasteiger charge is -2.21. The molecule has 0 radical (unpaired) electrons. The molecular weight excluding hydrogens is 350 g/mol. The number of carbonyl (C=O) groups excluding carboxylic acids is 3. The second-order valence-electron chi connectivity index (χ2n) is 6.04. The van der Waals surface area contributed by atoms with Crippen LogP contribution in [0.5, 0.6) is 0 Å². The zero-order valence-electron chi connectivity index (χ0n) is 15.5. The van der Waals surface area contributed by atoms with Gasteiger partial charge in [-0.3, -0.25) is 4.79 Å². The molecule has 0 aliphatic carbocycles. The van der Waals surface area contributed by atoms with Crippen molar-refractivity contribution >= 4 is 17.8 Å². The molecule has 0 aliphatic heterocycles. The molecule has 1 aromatic carbocycles. The van der Waals surface area contributed by atoms with E-state index in [9.17, 15) is 14.4 Å². The molecular formula is C19H23N3O5. The van der Waals surface area contributed by atoms with Gasteiger partial charge in [0.1, 0.15) is 6.04 Å². The summed E-state index contributed by atoms with van der Waals surface area (Å²) in [7, 11) is 1.26. The molecule has 144 valence electrons. The minimum atomic E-state index is -0.785. The lowest BCUT2D eigenvalue weighted by Crippen LogP contribution is -2.47. The van der Waals surface area contributed by atoms with Gasteiger partial charge in [0.2, 0.25) is 0 Å². The first-order valence-corrected chi connectivity index (χ1v) is 8.60. The minimum absolute atomic E-state index is 0.110. The van der Waals surface area contributed by atoms with Crippen LogP contribution in [0.1, 0.15) is 30.6 Å². The summed E-state index contributed by atoms with van der Waals surface area (Å²) in [5.41, 5.74) is 1.02. The number of esters is 2. The summed E-state index contributed by atoms with van der Waals surface area (Å²) >= 11 is 0. The lowest BCUT2D eigenvalue weighted by molar-refractivity contribution is -0.147. The van der Waals surface area contributed by atoms with E-state index in [0.29, 0.717) is 6.42 Å². The third-order valence-electron chi connectivity index (χ3n) is 4.16. The van der Waals surface area contributed by atoms with Gasteiger partial charge in [-0.2, -0.15) is 5.10 Å². The Morgan fingerprint density at radius 2 is 1.93 bits per heavy atom. The van der Waals surface area contributed by atoms with Gasteiger partial charge in [-0.25, -0.2) is 14.3 Å². The lowest BCUT2D eigenvalue weighted by atomic mass is 9.99. The zero-order valence-corrected chi connectivity index (χ0v) is 15.5. The number of rotatable bonds is 8. The van der Waals surface area contributed by atoms with Gasteiger partial charge in [0, 0.05) is 6.20 Å². The summed E-state index contributed by atoms with van der Waals surface area (Å²) in [4.78, 5) is 35.9.